The maximum absolute atomic E-state index is 15.4. The summed E-state index contributed by atoms with van der Waals surface area (Å²) in [6.45, 7) is 0.363. The number of aromatic nitrogens is 3. The van der Waals surface area contributed by atoms with Crippen LogP contribution in [0.3, 0.4) is 0 Å². The molecule has 0 spiro atoms. The van der Waals surface area contributed by atoms with E-state index in [9.17, 15) is 14.3 Å². The highest BCUT2D eigenvalue weighted by Crippen LogP contribution is 2.30. The van der Waals surface area contributed by atoms with Crippen molar-refractivity contribution in [3.8, 4) is 23.2 Å². The molecular formula is C31H22ClF3N4O4. The molecule has 2 aromatic heterocycles. The molecule has 0 fully saturated rings. The number of hydrogen-bond acceptors (Lipinski definition) is 6. The Hall–Kier alpha value is -4.92. The molecule has 0 saturated carbocycles. The number of nitrogens with zero attached hydrogens (tertiary/aromatic N) is 4. The second-order valence-corrected chi connectivity index (χ2v) is 9.93. The van der Waals surface area contributed by atoms with Crippen LogP contribution in [0.5, 0.6) is 5.88 Å². The van der Waals surface area contributed by atoms with Crippen LogP contribution in [0.15, 0.2) is 60.7 Å². The van der Waals surface area contributed by atoms with E-state index in [1.807, 2.05) is 6.07 Å². The van der Waals surface area contributed by atoms with Gasteiger partial charge in [-0.05, 0) is 54.1 Å². The predicted molar refractivity (Wildman–Crippen MR) is 151 cm³/mol. The summed E-state index contributed by atoms with van der Waals surface area (Å²) in [6.07, 6.45) is -0.0860. The first-order chi connectivity index (χ1) is 20.7. The lowest BCUT2D eigenvalue weighted by molar-refractivity contribution is 0.0697. The molecular weight excluding hydrogens is 585 g/mol. The van der Waals surface area contributed by atoms with Gasteiger partial charge in [-0.1, -0.05) is 17.7 Å². The maximum Gasteiger partial charge on any atom is 0.335 e. The van der Waals surface area contributed by atoms with E-state index in [1.165, 1.54) is 43.5 Å². The quantitative estimate of drug-likeness (QED) is 0.192. The van der Waals surface area contributed by atoms with Gasteiger partial charge >= 0.3 is 5.97 Å². The third kappa shape index (κ3) is 6.45. The zero-order valence-corrected chi connectivity index (χ0v) is 23.3. The first kappa shape index (κ1) is 29.6. The molecule has 0 bridgehead atoms. The summed E-state index contributed by atoms with van der Waals surface area (Å²) in [7, 11) is 1.51. The second kappa shape index (κ2) is 12.5. The maximum atomic E-state index is 15.4. The van der Waals surface area contributed by atoms with E-state index < -0.39 is 23.4 Å². The van der Waals surface area contributed by atoms with E-state index in [1.54, 1.807) is 10.6 Å². The summed E-state index contributed by atoms with van der Waals surface area (Å²) in [5.74, 6) is -2.88. The molecule has 0 amide bonds. The van der Waals surface area contributed by atoms with E-state index in [4.69, 9.17) is 26.3 Å². The third-order valence-corrected chi connectivity index (χ3v) is 6.90. The molecule has 0 aliphatic heterocycles. The average molecular weight is 607 g/mol. The van der Waals surface area contributed by atoms with Crippen LogP contribution in [0.1, 0.15) is 32.9 Å². The fraction of sp³-hybridized carbons (Fsp3) is 0.161. The Balaban J connectivity index is 1.43. The van der Waals surface area contributed by atoms with Crippen molar-refractivity contribution in [1.29, 1.82) is 5.26 Å². The lowest BCUT2D eigenvalue weighted by Gasteiger charge is -2.12. The lowest BCUT2D eigenvalue weighted by atomic mass is 10.0. The Bertz CT molecular complexity index is 1910. The standard InChI is InChI=1S/C31H22ClF3N4O4/c1-42-7-6-39-28-10-18(31(40)41)4-5-26(28)37-29(39)11-20-9-25(35)22(14-24(20)34)27-12-21(32)13-30(38-27)43-16-19-3-2-17(15-36)8-23(19)33/h2-5,8-10,12-14H,6-7,11,16H2,1H3,(H,40,41). The van der Waals surface area contributed by atoms with Crippen LogP contribution in [-0.2, 0) is 24.3 Å². The van der Waals surface area contributed by atoms with Gasteiger partial charge in [0.05, 0.1) is 40.5 Å². The summed E-state index contributed by atoms with van der Waals surface area (Å²) in [5, 5.41) is 18.4. The molecule has 8 nitrogen and oxygen atoms in total. The Labute approximate surface area is 248 Å². The van der Waals surface area contributed by atoms with Crippen LogP contribution >= 0.6 is 11.6 Å². The highest BCUT2D eigenvalue weighted by atomic mass is 35.5. The van der Waals surface area contributed by atoms with Gasteiger partial charge in [-0.3, -0.25) is 0 Å². The number of methoxy groups -OCH3 is 1. The zero-order valence-electron chi connectivity index (χ0n) is 22.6. The Morgan fingerprint density at radius 1 is 1.00 bits per heavy atom. The van der Waals surface area contributed by atoms with E-state index >= 15 is 8.78 Å². The molecule has 0 unspecified atom stereocenters. The number of benzene rings is 3. The molecule has 5 rings (SSSR count). The van der Waals surface area contributed by atoms with Gasteiger partial charge in [0, 0.05) is 42.3 Å². The molecule has 5 aromatic rings. The topological polar surface area (TPSA) is 110 Å². The number of carbonyl (C=O) groups is 1. The highest BCUT2D eigenvalue weighted by molar-refractivity contribution is 6.30. The molecule has 3 aromatic carbocycles. The molecule has 12 heteroatoms. The van der Waals surface area contributed by atoms with Crippen LogP contribution in [0.2, 0.25) is 5.02 Å². The number of ether oxygens (including phenoxy) is 2. The number of hydrogen-bond donors (Lipinski definition) is 1. The Kier molecular flexibility index (Phi) is 8.61. The highest BCUT2D eigenvalue weighted by Gasteiger charge is 2.19. The number of nitriles is 1. The van der Waals surface area contributed by atoms with Gasteiger partial charge in [0.2, 0.25) is 5.88 Å². The van der Waals surface area contributed by atoms with Gasteiger partial charge in [-0.15, -0.1) is 0 Å². The number of rotatable bonds is 10. The molecule has 218 valence electrons. The summed E-state index contributed by atoms with van der Waals surface area (Å²) < 4.78 is 57.6. The molecule has 0 atom stereocenters. The minimum Gasteiger partial charge on any atom is -0.478 e. The van der Waals surface area contributed by atoms with Gasteiger partial charge in [-0.2, -0.15) is 5.26 Å². The number of pyridine rings is 1. The summed E-state index contributed by atoms with van der Waals surface area (Å²) >= 11 is 6.21. The Morgan fingerprint density at radius 2 is 1.79 bits per heavy atom. The van der Waals surface area contributed by atoms with E-state index in [0.29, 0.717) is 23.4 Å². The fourth-order valence-corrected chi connectivity index (χ4v) is 4.73. The van der Waals surface area contributed by atoms with Crippen LogP contribution in [0.25, 0.3) is 22.3 Å². The fourth-order valence-electron chi connectivity index (χ4n) is 4.53. The first-order valence-electron chi connectivity index (χ1n) is 12.9. The van der Waals surface area contributed by atoms with Crippen molar-refractivity contribution < 1.29 is 32.5 Å². The van der Waals surface area contributed by atoms with E-state index in [2.05, 4.69) is 9.97 Å². The van der Waals surface area contributed by atoms with Gasteiger partial charge in [0.25, 0.3) is 0 Å². The van der Waals surface area contributed by atoms with Gasteiger partial charge in [0.1, 0.15) is 29.9 Å². The van der Waals surface area contributed by atoms with Crippen molar-refractivity contribution in [3.63, 3.8) is 0 Å². The SMILES string of the molecule is COCCn1c(Cc2cc(F)c(-c3cc(Cl)cc(OCc4ccc(C#N)cc4F)n3)cc2F)nc2ccc(C(=O)O)cc21. The van der Waals surface area contributed by atoms with Crippen LogP contribution < -0.4 is 4.74 Å². The minimum absolute atomic E-state index is 0.000663. The molecule has 1 N–H and O–H groups in total. The van der Waals surface area contributed by atoms with Crippen LogP contribution in [0, 0.1) is 28.8 Å². The Morgan fingerprint density at radius 3 is 2.51 bits per heavy atom. The second-order valence-electron chi connectivity index (χ2n) is 9.50. The number of aromatic carboxylic acids is 1. The predicted octanol–water partition coefficient (Wildman–Crippen LogP) is 6.56. The largest absolute Gasteiger partial charge is 0.478 e. The number of imidazole rings is 1. The zero-order chi connectivity index (χ0) is 30.7. The summed E-state index contributed by atoms with van der Waals surface area (Å²) in [5.41, 5.74) is 1.27. The van der Waals surface area contributed by atoms with Crippen molar-refractivity contribution >= 4 is 28.6 Å². The van der Waals surface area contributed by atoms with Crippen molar-refractivity contribution in [2.75, 3.05) is 13.7 Å². The van der Waals surface area contributed by atoms with Gasteiger partial charge in [-0.25, -0.2) is 27.9 Å². The van der Waals surface area contributed by atoms with E-state index in [0.717, 1.165) is 18.2 Å². The van der Waals surface area contributed by atoms with Gasteiger partial charge in [0.15, 0.2) is 0 Å². The lowest BCUT2D eigenvalue weighted by Crippen LogP contribution is -2.10. The average Bonchev–Trinajstić information content (AvgIpc) is 3.32. The van der Waals surface area contributed by atoms with Crippen molar-refractivity contribution in [2.24, 2.45) is 0 Å². The minimum atomic E-state index is -1.10. The molecule has 0 aliphatic rings. The smallest absolute Gasteiger partial charge is 0.335 e. The summed E-state index contributed by atoms with van der Waals surface area (Å²) in [4.78, 5) is 20.3. The normalized spacial score (nSPS) is 11.1. The molecule has 0 aliphatic carbocycles. The molecule has 0 saturated heterocycles. The van der Waals surface area contributed by atoms with E-state index in [-0.39, 0.29) is 64.0 Å². The van der Waals surface area contributed by atoms with Gasteiger partial charge < -0.3 is 19.1 Å². The number of halogens is 4. The number of fused-ring (bicyclic) bond motifs is 1. The first-order valence-corrected chi connectivity index (χ1v) is 13.2. The molecule has 43 heavy (non-hydrogen) atoms. The summed E-state index contributed by atoms with van der Waals surface area (Å²) in [6, 6.07) is 15.0. The van der Waals surface area contributed by atoms with Crippen molar-refractivity contribution in [2.45, 2.75) is 19.6 Å². The van der Waals surface area contributed by atoms with Crippen molar-refractivity contribution in [3.05, 3.63) is 111 Å². The third-order valence-electron chi connectivity index (χ3n) is 6.68. The molecule has 2 heterocycles. The van der Waals surface area contributed by atoms with Crippen LogP contribution in [-0.4, -0.2) is 39.3 Å². The number of carboxylic acid groups (broad SMARTS) is 1. The number of carboxylic acids is 1. The van der Waals surface area contributed by atoms with Crippen LogP contribution in [0.4, 0.5) is 13.2 Å². The molecule has 0 radical (unpaired) electrons. The monoisotopic (exact) mass is 606 g/mol. The van der Waals surface area contributed by atoms with Crippen molar-refractivity contribution in [1.82, 2.24) is 14.5 Å².